The number of ether oxygens (including phenoxy) is 1. The molecule has 3 aromatic rings. The van der Waals surface area contributed by atoms with Crippen LogP contribution in [0.1, 0.15) is 22.5 Å². The third-order valence-electron chi connectivity index (χ3n) is 5.41. The second kappa shape index (κ2) is 10.1. The summed E-state index contributed by atoms with van der Waals surface area (Å²) in [4.78, 5) is 15.4. The van der Waals surface area contributed by atoms with Gasteiger partial charge in [0.25, 0.3) is 5.91 Å². The maximum absolute atomic E-state index is 13.0. The summed E-state index contributed by atoms with van der Waals surface area (Å²) in [5.41, 5.74) is 3.95. The van der Waals surface area contributed by atoms with Crippen molar-refractivity contribution >= 4 is 17.5 Å². The van der Waals surface area contributed by atoms with Crippen LogP contribution in [0.3, 0.4) is 0 Å². The highest BCUT2D eigenvalue weighted by molar-refractivity contribution is 6.33. The van der Waals surface area contributed by atoms with Crippen molar-refractivity contribution in [3.8, 4) is 16.9 Å². The van der Waals surface area contributed by atoms with E-state index in [9.17, 15) is 4.79 Å². The minimum atomic E-state index is -0.145. The van der Waals surface area contributed by atoms with Gasteiger partial charge in [-0.15, -0.1) is 0 Å². The number of halogens is 1. The summed E-state index contributed by atoms with van der Waals surface area (Å²) in [6, 6.07) is 17.3. The molecule has 0 aliphatic carbocycles. The van der Waals surface area contributed by atoms with Crippen molar-refractivity contribution < 1.29 is 9.53 Å². The molecule has 0 spiro atoms. The quantitative estimate of drug-likeness (QED) is 0.567. The summed E-state index contributed by atoms with van der Waals surface area (Å²) in [6.07, 6.45) is 0.891. The molecule has 1 aromatic heterocycles. The predicted octanol–water partition coefficient (Wildman–Crippen LogP) is 3.95. The van der Waals surface area contributed by atoms with E-state index in [0.29, 0.717) is 23.0 Å². The summed E-state index contributed by atoms with van der Waals surface area (Å²) < 4.78 is 7.07. The summed E-state index contributed by atoms with van der Waals surface area (Å²) in [5.74, 6) is -0.145. The number of aromatic nitrogens is 2. The van der Waals surface area contributed by atoms with E-state index >= 15 is 0 Å². The lowest BCUT2D eigenvalue weighted by Crippen LogP contribution is -2.38. The summed E-state index contributed by atoms with van der Waals surface area (Å²) in [6.45, 7) is 7.07. The Balaban J connectivity index is 1.52. The Bertz CT molecular complexity index is 1030. The van der Waals surface area contributed by atoms with E-state index in [1.165, 1.54) is 0 Å². The smallest absolute Gasteiger partial charge is 0.270 e. The Hall–Kier alpha value is -2.67. The van der Waals surface area contributed by atoms with Crippen LogP contribution in [0.5, 0.6) is 0 Å². The monoisotopic (exact) mass is 438 g/mol. The second-order valence-electron chi connectivity index (χ2n) is 7.71. The molecule has 1 N–H and O–H groups in total. The molecule has 162 valence electrons. The molecule has 6 nitrogen and oxygen atoms in total. The molecule has 0 bridgehead atoms. The number of carbonyl (C=O) groups excluding carboxylic acids is 1. The Morgan fingerprint density at radius 2 is 1.87 bits per heavy atom. The molecule has 0 atom stereocenters. The fourth-order valence-corrected chi connectivity index (χ4v) is 3.88. The van der Waals surface area contributed by atoms with Gasteiger partial charge >= 0.3 is 0 Å². The molecule has 2 heterocycles. The van der Waals surface area contributed by atoms with Crippen LogP contribution >= 0.6 is 11.6 Å². The van der Waals surface area contributed by atoms with E-state index in [4.69, 9.17) is 21.4 Å². The number of morpholine rings is 1. The van der Waals surface area contributed by atoms with Crippen molar-refractivity contribution in [3.63, 3.8) is 0 Å². The molecule has 1 aliphatic rings. The second-order valence-corrected chi connectivity index (χ2v) is 8.11. The van der Waals surface area contributed by atoms with E-state index in [1.54, 1.807) is 10.7 Å². The maximum atomic E-state index is 13.0. The highest BCUT2D eigenvalue weighted by atomic mass is 35.5. The molecule has 0 saturated carbocycles. The molecule has 1 aliphatic heterocycles. The van der Waals surface area contributed by atoms with Gasteiger partial charge in [-0.05, 0) is 44.2 Å². The molecule has 7 heteroatoms. The van der Waals surface area contributed by atoms with Gasteiger partial charge in [-0.1, -0.05) is 47.5 Å². The normalized spacial score (nSPS) is 14.5. The van der Waals surface area contributed by atoms with Crippen molar-refractivity contribution in [2.75, 3.05) is 39.4 Å². The van der Waals surface area contributed by atoms with Crippen LogP contribution in [0.2, 0.25) is 5.02 Å². The summed E-state index contributed by atoms with van der Waals surface area (Å²) in [5, 5.41) is 8.37. The van der Waals surface area contributed by atoms with Crippen LogP contribution in [0.15, 0.2) is 54.6 Å². The van der Waals surface area contributed by atoms with Crippen LogP contribution in [-0.4, -0.2) is 60.0 Å². The van der Waals surface area contributed by atoms with Crippen LogP contribution < -0.4 is 5.32 Å². The van der Waals surface area contributed by atoms with Gasteiger partial charge in [0.15, 0.2) is 0 Å². The van der Waals surface area contributed by atoms with E-state index in [2.05, 4.69) is 10.2 Å². The lowest BCUT2D eigenvalue weighted by molar-refractivity contribution is 0.0374. The number of carbonyl (C=O) groups is 1. The minimum absolute atomic E-state index is 0.145. The molecule has 1 fully saturated rings. The lowest BCUT2D eigenvalue weighted by atomic mass is 10.1. The SMILES string of the molecule is Cc1ccc(-n2nc(-c3ccccc3Cl)cc2C(=O)NCCCN2CCOCC2)cc1. The zero-order valence-corrected chi connectivity index (χ0v) is 18.4. The number of rotatable bonds is 7. The summed E-state index contributed by atoms with van der Waals surface area (Å²) >= 11 is 6.38. The average Bonchev–Trinajstić information content (AvgIpc) is 3.23. The number of amides is 1. The molecular weight excluding hydrogens is 412 g/mol. The van der Waals surface area contributed by atoms with Gasteiger partial charge in [0.1, 0.15) is 5.69 Å². The predicted molar refractivity (Wildman–Crippen MR) is 123 cm³/mol. The topological polar surface area (TPSA) is 59.4 Å². The van der Waals surface area contributed by atoms with E-state index in [-0.39, 0.29) is 5.91 Å². The first kappa shape index (κ1) is 21.6. The number of hydrogen-bond donors (Lipinski definition) is 1. The molecular formula is C24H27ClN4O2. The molecule has 31 heavy (non-hydrogen) atoms. The molecule has 1 amide bonds. The zero-order valence-electron chi connectivity index (χ0n) is 17.7. The Kier molecular flexibility index (Phi) is 7.02. The first-order valence-electron chi connectivity index (χ1n) is 10.6. The van der Waals surface area contributed by atoms with Gasteiger partial charge in [-0.25, -0.2) is 4.68 Å². The largest absolute Gasteiger partial charge is 0.379 e. The fraction of sp³-hybridized carbons (Fsp3) is 0.333. The Morgan fingerprint density at radius 3 is 2.61 bits per heavy atom. The molecule has 0 unspecified atom stereocenters. The maximum Gasteiger partial charge on any atom is 0.270 e. The van der Waals surface area contributed by atoms with Crippen molar-refractivity contribution in [1.29, 1.82) is 0 Å². The molecule has 0 radical (unpaired) electrons. The standard InChI is InChI=1S/C24H27ClN4O2/c1-18-7-9-19(10-8-18)29-23(17-22(27-29)20-5-2-3-6-21(20)25)24(30)26-11-4-12-28-13-15-31-16-14-28/h2-3,5-10,17H,4,11-16H2,1H3,(H,26,30). The molecule has 4 rings (SSSR count). The van der Waals surface area contributed by atoms with Gasteiger partial charge in [-0.3, -0.25) is 9.69 Å². The van der Waals surface area contributed by atoms with Crippen LogP contribution in [-0.2, 0) is 4.74 Å². The van der Waals surface area contributed by atoms with Gasteiger partial charge < -0.3 is 10.1 Å². The van der Waals surface area contributed by atoms with Crippen LogP contribution in [0.4, 0.5) is 0 Å². The number of benzene rings is 2. The average molecular weight is 439 g/mol. The van der Waals surface area contributed by atoms with Crippen LogP contribution in [0, 0.1) is 6.92 Å². The zero-order chi connectivity index (χ0) is 21.6. The van der Waals surface area contributed by atoms with Crippen LogP contribution in [0.25, 0.3) is 16.9 Å². The van der Waals surface area contributed by atoms with E-state index < -0.39 is 0 Å². The first-order chi connectivity index (χ1) is 15.1. The number of nitrogens with zero attached hydrogens (tertiary/aromatic N) is 3. The van der Waals surface area contributed by atoms with Gasteiger partial charge in [0.05, 0.1) is 29.6 Å². The third-order valence-corrected chi connectivity index (χ3v) is 5.74. The van der Waals surface area contributed by atoms with E-state index in [0.717, 1.165) is 56.1 Å². The van der Waals surface area contributed by atoms with Gasteiger partial charge in [-0.2, -0.15) is 5.10 Å². The van der Waals surface area contributed by atoms with Crippen molar-refractivity contribution in [2.45, 2.75) is 13.3 Å². The van der Waals surface area contributed by atoms with Crippen molar-refractivity contribution in [1.82, 2.24) is 20.0 Å². The molecule has 1 saturated heterocycles. The number of hydrogen-bond acceptors (Lipinski definition) is 4. The van der Waals surface area contributed by atoms with Gasteiger partial charge in [0, 0.05) is 25.2 Å². The fourth-order valence-electron chi connectivity index (χ4n) is 3.65. The van der Waals surface area contributed by atoms with Gasteiger partial charge in [0.2, 0.25) is 0 Å². The Morgan fingerprint density at radius 1 is 1.13 bits per heavy atom. The molecule has 2 aromatic carbocycles. The number of nitrogens with one attached hydrogen (secondary N) is 1. The minimum Gasteiger partial charge on any atom is -0.379 e. The summed E-state index contributed by atoms with van der Waals surface area (Å²) in [7, 11) is 0. The lowest BCUT2D eigenvalue weighted by Gasteiger charge is -2.26. The number of aryl methyl sites for hydroxylation is 1. The van der Waals surface area contributed by atoms with E-state index in [1.807, 2.05) is 55.5 Å². The highest BCUT2D eigenvalue weighted by Crippen LogP contribution is 2.28. The van der Waals surface area contributed by atoms with Crippen molar-refractivity contribution in [3.05, 3.63) is 70.9 Å². The third kappa shape index (κ3) is 5.34. The first-order valence-corrected chi connectivity index (χ1v) is 11.0. The Labute approximate surface area is 187 Å². The van der Waals surface area contributed by atoms with Crippen molar-refractivity contribution in [2.24, 2.45) is 0 Å². The highest BCUT2D eigenvalue weighted by Gasteiger charge is 2.19.